The highest BCUT2D eigenvalue weighted by Crippen LogP contribution is 2.50. The highest BCUT2D eigenvalue weighted by atomic mass is 35.5. The maximum absolute atomic E-state index is 15.3. The van der Waals surface area contributed by atoms with Crippen LogP contribution in [0.25, 0.3) is 0 Å². The molecule has 73 heavy (non-hydrogen) atoms. The van der Waals surface area contributed by atoms with E-state index in [0.29, 0.717) is 35.9 Å². The van der Waals surface area contributed by atoms with Crippen molar-refractivity contribution >= 4 is 29.4 Å². The fraction of sp³-hybridized carbons (Fsp3) is 0.839. The molecule has 20 atom stereocenters. The average molecular weight is 1050 g/mol. The van der Waals surface area contributed by atoms with E-state index in [1.807, 2.05) is 34.6 Å². The quantitative estimate of drug-likeness (QED) is 0.180. The number of carbonyl (C=O) groups is 3. The lowest BCUT2D eigenvalue weighted by Gasteiger charge is -2.53. The van der Waals surface area contributed by atoms with Crippen LogP contribution in [0.15, 0.2) is 18.2 Å². The molecular formula is C56H86ClFN2O13. The Kier molecular flexibility index (Phi) is 17.4. The molecule has 8 rings (SSSR count). The number of hydrogen-bond acceptors (Lipinski definition) is 14. The number of piperidine rings is 1. The molecule has 0 spiro atoms. The van der Waals surface area contributed by atoms with Gasteiger partial charge in [0.1, 0.15) is 29.9 Å². The zero-order valence-electron chi connectivity index (χ0n) is 45.4. The molecule has 0 aromatic heterocycles. The number of hydrogen-bond donors (Lipinski definition) is 2. The monoisotopic (exact) mass is 1050 g/mol. The summed E-state index contributed by atoms with van der Waals surface area (Å²) in [5.74, 6) is -3.44. The lowest BCUT2D eigenvalue weighted by molar-refractivity contribution is -0.321. The summed E-state index contributed by atoms with van der Waals surface area (Å²) in [6.45, 7) is 18.4. The molecular weight excluding hydrogens is 963 g/mol. The summed E-state index contributed by atoms with van der Waals surface area (Å²) in [4.78, 5) is 48.8. The number of rotatable bonds is 13. The number of amides is 1. The Morgan fingerprint density at radius 3 is 2.07 bits per heavy atom. The third-order valence-electron chi connectivity index (χ3n) is 18.6. The van der Waals surface area contributed by atoms with E-state index in [2.05, 4.69) is 4.90 Å². The molecule has 17 heteroatoms. The molecule has 5 aliphatic heterocycles. The van der Waals surface area contributed by atoms with E-state index in [-0.39, 0.29) is 55.2 Å². The van der Waals surface area contributed by atoms with Crippen molar-refractivity contribution in [1.82, 2.24) is 9.80 Å². The number of benzene rings is 1. The van der Waals surface area contributed by atoms with Gasteiger partial charge >= 0.3 is 12.1 Å². The number of halogens is 2. The van der Waals surface area contributed by atoms with Crippen molar-refractivity contribution in [2.45, 2.75) is 243 Å². The maximum Gasteiger partial charge on any atom is 0.410 e. The predicted octanol–water partition coefficient (Wildman–Crippen LogP) is 8.42. The van der Waals surface area contributed by atoms with E-state index in [9.17, 15) is 19.4 Å². The number of likely N-dealkylation sites (tertiary alicyclic amines) is 1. The van der Waals surface area contributed by atoms with Crippen LogP contribution in [0.5, 0.6) is 0 Å². The van der Waals surface area contributed by atoms with Gasteiger partial charge in [0, 0.05) is 63.1 Å². The fourth-order valence-electron chi connectivity index (χ4n) is 14.1. The number of aliphatic hydroxyl groups excluding tert-OH is 2. The molecule has 2 N–H and O–H groups in total. The van der Waals surface area contributed by atoms with Gasteiger partial charge in [0.25, 0.3) is 0 Å². The van der Waals surface area contributed by atoms with Crippen LogP contribution >= 0.6 is 11.6 Å². The Morgan fingerprint density at radius 1 is 0.836 bits per heavy atom. The van der Waals surface area contributed by atoms with Crippen molar-refractivity contribution in [2.75, 3.05) is 20.8 Å². The summed E-state index contributed by atoms with van der Waals surface area (Å²) < 4.78 is 66.9. The first-order chi connectivity index (χ1) is 34.5. The van der Waals surface area contributed by atoms with Gasteiger partial charge in [-0.1, -0.05) is 51.8 Å². The second-order valence-corrected chi connectivity index (χ2v) is 24.3. The molecule has 15 nitrogen and oxygen atoms in total. The van der Waals surface area contributed by atoms with Gasteiger partial charge in [-0.2, -0.15) is 0 Å². The van der Waals surface area contributed by atoms with Gasteiger partial charge < -0.3 is 48.1 Å². The molecule has 1 aromatic rings. The van der Waals surface area contributed by atoms with Crippen LogP contribution in [-0.4, -0.2) is 155 Å². The number of esters is 1. The van der Waals surface area contributed by atoms with Crippen LogP contribution in [0, 0.1) is 41.3 Å². The van der Waals surface area contributed by atoms with Gasteiger partial charge in [0.2, 0.25) is 0 Å². The summed E-state index contributed by atoms with van der Waals surface area (Å²) >= 11 is 6.17. The number of nitrogens with zero attached hydrogens (tertiary/aromatic N) is 2. The van der Waals surface area contributed by atoms with Crippen LogP contribution in [0.4, 0.5) is 9.18 Å². The normalized spacial score (nSPS) is 44.6. The van der Waals surface area contributed by atoms with Gasteiger partial charge in [-0.15, -0.1) is 0 Å². The van der Waals surface area contributed by atoms with Gasteiger partial charge in [0.05, 0.1) is 52.6 Å². The van der Waals surface area contributed by atoms with Crippen LogP contribution in [0.1, 0.15) is 145 Å². The number of Topliss-reactive ketones (excluding diaryl/α,β-unsaturated/α-hetero) is 1. The van der Waals surface area contributed by atoms with E-state index >= 15 is 9.59 Å². The molecule has 2 aliphatic carbocycles. The Labute approximate surface area is 438 Å². The van der Waals surface area contributed by atoms with Crippen molar-refractivity contribution in [1.29, 1.82) is 0 Å². The van der Waals surface area contributed by atoms with Crippen LogP contribution in [-0.2, 0) is 53.9 Å². The number of cyclic esters (lactones) is 1. The van der Waals surface area contributed by atoms with Crippen LogP contribution in [0.2, 0.25) is 5.02 Å². The lowest BCUT2D eigenvalue weighted by Crippen LogP contribution is -2.65. The first-order valence-corrected chi connectivity index (χ1v) is 27.9. The molecule has 20 unspecified atom stereocenters. The maximum atomic E-state index is 15.3. The topological polar surface area (TPSA) is 172 Å². The number of ketones is 1. The molecule has 1 amide bonds. The number of aliphatic hydroxyl groups is 2. The summed E-state index contributed by atoms with van der Waals surface area (Å²) in [6, 6.07) is 4.06. The summed E-state index contributed by atoms with van der Waals surface area (Å²) in [6.07, 6.45) is 0.847. The Hall–Kier alpha value is -2.51. The van der Waals surface area contributed by atoms with E-state index in [4.69, 9.17) is 49.5 Å². The first-order valence-electron chi connectivity index (χ1n) is 27.5. The largest absolute Gasteiger partial charge is 0.458 e. The molecule has 7 fully saturated rings. The lowest BCUT2D eigenvalue weighted by atomic mass is 9.73. The van der Waals surface area contributed by atoms with Crippen molar-refractivity contribution < 1.29 is 66.9 Å². The average Bonchev–Trinajstić information content (AvgIpc) is 4.31. The van der Waals surface area contributed by atoms with Gasteiger partial charge in [0.15, 0.2) is 18.2 Å². The second kappa shape index (κ2) is 22.5. The molecule has 1 aromatic carbocycles. The Morgan fingerprint density at radius 2 is 1.48 bits per heavy atom. The van der Waals surface area contributed by atoms with E-state index in [1.165, 1.54) is 56.2 Å². The van der Waals surface area contributed by atoms with Crippen molar-refractivity contribution in [3.63, 3.8) is 0 Å². The minimum Gasteiger partial charge on any atom is -0.458 e. The standard InChI is InChI=1S/C56H86ClFN2O13/c1-13-43-56(10)48(59(53(65)73-56)24-23-35-17-22-39(58)38(57)26-35)31(4)45(61)29(2)27-55(9,67-12)50(32(5)47(33(6)51(64)70-43)71-44-28-54(8,66-11)49(63)34(7)69-44)72-52-46(62)42(25-30(3)68-52)60-40(36-18-19-36)15-14-16-41(60)37-20-21-37/h17,22,26,29-34,36-37,40-44,46-50,52,62-63H,13-16,18-21,23-25,27-28H2,1-12H3. The van der Waals surface area contributed by atoms with Crippen molar-refractivity contribution in [2.24, 2.45) is 35.5 Å². The molecule has 7 aliphatic rings. The zero-order chi connectivity index (χ0) is 53.1. The van der Waals surface area contributed by atoms with E-state index in [1.54, 1.807) is 47.8 Å². The van der Waals surface area contributed by atoms with Crippen molar-refractivity contribution in [3.05, 3.63) is 34.6 Å². The third-order valence-corrected chi connectivity index (χ3v) is 18.9. The third kappa shape index (κ3) is 11.4. The first kappa shape index (κ1) is 56.7. The summed E-state index contributed by atoms with van der Waals surface area (Å²) in [5.41, 5.74) is -3.17. The summed E-state index contributed by atoms with van der Waals surface area (Å²) in [7, 11) is 3.10. The second-order valence-electron chi connectivity index (χ2n) is 23.9. The number of carbonyl (C=O) groups excluding carboxylic acids is 3. The highest BCUT2D eigenvalue weighted by molar-refractivity contribution is 6.30. The minimum atomic E-state index is -1.50. The smallest absolute Gasteiger partial charge is 0.410 e. The van der Waals surface area contributed by atoms with E-state index < -0.39 is 114 Å². The van der Waals surface area contributed by atoms with E-state index in [0.717, 1.165) is 12.8 Å². The summed E-state index contributed by atoms with van der Waals surface area (Å²) in [5, 5.41) is 24.0. The highest BCUT2D eigenvalue weighted by Gasteiger charge is 2.61. The minimum absolute atomic E-state index is 0.0472. The van der Waals surface area contributed by atoms with Crippen LogP contribution in [0.3, 0.4) is 0 Å². The van der Waals surface area contributed by atoms with Gasteiger partial charge in [-0.05, 0) is 135 Å². The molecule has 0 bridgehead atoms. The number of methoxy groups -OCH3 is 2. The zero-order valence-corrected chi connectivity index (χ0v) is 46.2. The molecule has 0 radical (unpaired) electrons. The molecule has 5 saturated heterocycles. The van der Waals surface area contributed by atoms with Crippen molar-refractivity contribution in [3.8, 4) is 0 Å². The Bertz CT molecular complexity index is 2100. The molecule has 412 valence electrons. The molecule has 5 heterocycles. The van der Waals surface area contributed by atoms with Gasteiger partial charge in [-0.25, -0.2) is 9.18 Å². The van der Waals surface area contributed by atoms with Gasteiger partial charge in [-0.3, -0.25) is 19.4 Å². The number of fused-ring (bicyclic) bond motifs is 1. The molecule has 2 saturated carbocycles. The predicted molar refractivity (Wildman–Crippen MR) is 270 cm³/mol. The number of ether oxygens (including phenoxy) is 8. The fourth-order valence-corrected chi connectivity index (χ4v) is 14.3. The SMILES string of the molecule is CCC1OC(=O)C(C)C(OC2CC(C)(OC)C(O)C(C)O2)C(C)C(OC2OC(C)CC(N3C(C4CC4)CCCC3C3CC3)C2O)C(C)(OC)CC(C)C(=O)C(C)C2N(CCc3ccc(F)c(Cl)c3)C(=O)OC12C. The van der Waals surface area contributed by atoms with Crippen LogP contribution < -0.4 is 0 Å². The Balaban J connectivity index is 1.19.